The molecule has 4 aromatic rings. The number of nitrogens with one attached hydrogen (secondary N) is 1. The normalized spacial score (nSPS) is 10.9. The van der Waals surface area contributed by atoms with Crippen molar-refractivity contribution in [3.05, 3.63) is 89.1 Å². The fourth-order valence-electron chi connectivity index (χ4n) is 4.17. The molecule has 1 amide bonds. The molecule has 0 saturated carbocycles. The summed E-state index contributed by atoms with van der Waals surface area (Å²) in [6, 6.07) is 20.1. The zero-order chi connectivity index (χ0) is 22.7. The molecule has 0 aliphatic carbocycles. The summed E-state index contributed by atoms with van der Waals surface area (Å²) in [7, 11) is 3.30. The van der Waals surface area contributed by atoms with Crippen LogP contribution in [-0.4, -0.2) is 24.7 Å². The summed E-state index contributed by atoms with van der Waals surface area (Å²) in [5.41, 5.74) is 6.24. The number of carbonyl (C=O) groups is 1. The number of ether oxygens (including phenoxy) is 2. The molecular weight excluding hydrogens is 400 g/mol. The molecule has 0 saturated heterocycles. The highest BCUT2D eigenvalue weighted by Gasteiger charge is 2.13. The quantitative estimate of drug-likeness (QED) is 0.423. The van der Waals surface area contributed by atoms with Gasteiger partial charge in [-0.1, -0.05) is 24.3 Å². The lowest BCUT2D eigenvalue weighted by atomic mass is 10.1. The van der Waals surface area contributed by atoms with Gasteiger partial charge >= 0.3 is 0 Å². The predicted octanol–water partition coefficient (Wildman–Crippen LogP) is 5.50. The number of carbonyl (C=O) groups excluding carboxylic acids is 1. The Labute approximate surface area is 188 Å². The zero-order valence-corrected chi connectivity index (χ0v) is 18.9. The van der Waals surface area contributed by atoms with Crippen molar-refractivity contribution in [2.75, 3.05) is 19.5 Å². The van der Waals surface area contributed by atoms with Crippen LogP contribution in [0.1, 0.15) is 22.3 Å². The Hall–Kier alpha value is -3.73. The van der Waals surface area contributed by atoms with Gasteiger partial charge in [-0.2, -0.15) is 0 Å². The van der Waals surface area contributed by atoms with Crippen LogP contribution in [0.15, 0.2) is 66.9 Å². The summed E-state index contributed by atoms with van der Waals surface area (Å²) in [6.45, 7) is 4.71. The third-order valence-electron chi connectivity index (χ3n) is 5.49. The first-order valence-corrected chi connectivity index (χ1v) is 10.6. The first-order valence-electron chi connectivity index (χ1n) is 10.6. The summed E-state index contributed by atoms with van der Waals surface area (Å²) in [6.07, 6.45) is 2.37. The molecule has 0 fully saturated rings. The molecular formula is C27H28N2O3. The van der Waals surface area contributed by atoms with Gasteiger partial charge in [-0.15, -0.1) is 0 Å². The van der Waals surface area contributed by atoms with E-state index in [1.165, 1.54) is 0 Å². The van der Waals surface area contributed by atoms with E-state index in [0.29, 0.717) is 13.0 Å². The van der Waals surface area contributed by atoms with Gasteiger partial charge in [0.25, 0.3) is 0 Å². The van der Waals surface area contributed by atoms with Gasteiger partial charge in [0, 0.05) is 35.4 Å². The van der Waals surface area contributed by atoms with Gasteiger partial charge in [-0.3, -0.25) is 4.79 Å². The molecule has 164 valence electrons. The first-order chi connectivity index (χ1) is 15.4. The van der Waals surface area contributed by atoms with Crippen LogP contribution < -0.4 is 14.8 Å². The lowest BCUT2D eigenvalue weighted by Crippen LogP contribution is -2.14. The molecule has 0 unspecified atom stereocenters. The van der Waals surface area contributed by atoms with Crippen LogP contribution in [0.25, 0.3) is 10.9 Å². The maximum atomic E-state index is 12.8. The van der Waals surface area contributed by atoms with E-state index in [4.69, 9.17) is 9.47 Å². The topological polar surface area (TPSA) is 52.5 Å². The SMILES string of the molecule is COc1cc(Cn2cc(CC(=O)Nc3cc(C)cc(C)c3)c3ccccc32)cc(OC)c1. The molecule has 0 aliphatic heterocycles. The predicted molar refractivity (Wildman–Crippen MR) is 129 cm³/mol. The number of methoxy groups -OCH3 is 2. The molecule has 32 heavy (non-hydrogen) atoms. The van der Waals surface area contributed by atoms with E-state index in [9.17, 15) is 4.79 Å². The van der Waals surface area contributed by atoms with Crippen LogP contribution in [0.2, 0.25) is 0 Å². The third-order valence-corrected chi connectivity index (χ3v) is 5.49. The average Bonchev–Trinajstić information content (AvgIpc) is 3.09. The second-order valence-electron chi connectivity index (χ2n) is 8.12. The van der Waals surface area contributed by atoms with E-state index in [0.717, 1.165) is 50.3 Å². The number of aryl methyl sites for hydroxylation is 2. The van der Waals surface area contributed by atoms with Crippen molar-refractivity contribution in [3.63, 3.8) is 0 Å². The molecule has 0 bridgehead atoms. The monoisotopic (exact) mass is 428 g/mol. The second kappa shape index (κ2) is 9.18. The standard InChI is InChI=1S/C27H28N2O3/c1-18-9-19(2)11-22(10-18)28-27(30)14-21-17-29(26-8-6-5-7-25(21)26)16-20-12-23(31-3)15-24(13-20)32-4/h5-13,15,17H,14,16H2,1-4H3,(H,28,30). The number of nitrogens with zero attached hydrogens (tertiary/aromatic N) is 1. The number of benzene rings is 3. The number of aromatic nitrogens is 1. The summed E-state index contributed by atoms with van der Waals surface area (Å²) in [5, 5.41) is 4.13. The minimum Gasteiger partial charge on any atom is -0.497 e. The van der Waals surface area contributed by atoms with E-state index in [2.05, 4.69) is 34.3 Å². The Morgan fingerprint density at radius 3 is 2.22 bits per heavy atom. The van der Waals surface area contributed by atoms with Crippen LogP contribution in [-0.2, 0) is 17.8 Å². The lowest BCUT2D eigenvalue weighted by molar-refractivity contribution is -0.115. The van der Waals surface area contributed by atoms with E-state index in [1.807, 2.05) is 56.3 Å². The van der Waals surface area contributed by atoms with E-state index in [1.54, 1.807) is 14.2 Å². The Kier molecular flexibility index (Phi) is 6.17. The highest BCUT2D eigenvalue weighted by molar-refractivity contribution is 5.96. The number of hydrogen-bond donors (Lipinski definition) is 1. The molecule has 0 atom stereocenters. The summed E-state index contributed by atoms with van der Waals surface area (Å²) in [4.78, 5) is 12.8. The number of anilines is 1. The van der Waals surface area contributed by atoms with Crippen molar-refractivity contribution in [2.24, 2.45) is 0 Å². The average molecular weight is 429 g/mol. The van der Waals surface area contributed by atoms with Crippen molar-refractivity contribution in [3.8, 4) is 11.5 Å². The number of amides is 1. The van der Waals surface area contributed by atoms with Gasteiger partial charge in [-0.25, -0.2) is 0 Å². The maximum Gasteiger partial charge on any atom is 0.228 e. The van der Waals surface area contributed by atoms with Gasteiger partial charge in [0.05, 0.1) is 20.6 Å². The Morgan fingerprint density at radius 2 is 1.56 bits per heavy atom. The smallest absolute Gasteiger partial charge is 0.228 e. The Morgan fingerprint density at radius 1 is 0.906 bits per heavy atom. The molecule has 0 radical (unpaired) electrons. The molecule has 1 heterocycles. The van der Waals surface area contributed by atoms with Gasteiger partial charge < -0.3 is 19.4 Å². The lowest BCUT2D eigenvalue weighted by Gasteiger charge is -2.10. The van der Waals surface area contributed by atoms with E-state index >= 15 is 0 Å². The van der Waals surface area contributed by atoms with Gasteiger partial charge in [-0.05, 0) is 66.4 Å². The van der Waals surface area contributed by atoms with Gasteiger partial charge in [0.1, 0.15) is 11.5 Å². The fourth-order valence-corrected chi connectivity index (χ4v) is 4.17. The van der Waals surface area contributed by atoms with Gasteiger partial charge in [0.15, 0.2) is 0 Å². The Bertz CT molecular complexity index is 1230. The van der Waals surface area contributed by atoms with Crippen molar-refractivity contribution in [2.45, 2.75) is 26.8 Å². The summed E-state index contributed by atoms with van der Waals surface area (Å²) >= 11 is 0. The molecule has 5 nitrogen and oxygen atoms in total. The highest BCUT2D eigenvalue weighted by Crippen LogP contribution is 2.27. The van der Waals surface area contributed by atoms with Crippen molar-refractivity contribution in [1.82, 2.24) is 4.57 Å². The molecule has 1 N–H and O–H groups in total. The second-order valence-corrected chi connectivity index (χ2v) is 8.12. The molecule has 0 aliphatic rings. The summed E-state index contributed by atoms with van der Waals surface area (Å²) < 4.78 is 13.0. The highest BCUT2D eigenvalue weighted by atomic mass is 16.5. The largest absolute Gasteiger partial charge is 0.497 e. The van der Waals surface area contributed by atoms with Crippen LogP contribution in [0, 0.1) is 13.8 Å². The molecule has 4 rings (SSSR count). The van der Waals surface area contributed by atoms with Crippen LogP contribution in [0.3, 0.4) is 0 Å². The molecule has 1 aromatic heterocycles. The summed E-state index contributed by atoms with van der Waals surface area (Å²) in [5.74, 6) is 1.48. The molecule has 5 heteroatoms. The third kappa shape index (κ3) is 4.78. The minimum absolute atomic E-state index is 0.0269. The number of rotatable bonds is 7. The van der Waals surface area contributed by atoms with Crippen molar-refractivity contribution < 1.29 is 14.3 Å². The van der Waals surface area contributed by atoms with E-state index < -0.39 is 0 Å². The van der Waals surface area contributed by atoms with E-state index in [-0.39, 0.29) is 5.91 Å². The number of fused-ring (bicyclic) bond motifs is 1. The van der Waals surface area contributed by atoms with Crippen LogP contribution >= 0.6 is 0 Å². The Balaban J connectivity index is 1.61. The number of hydrogen-bond acceptors (Lipinski definition) is 3. The molecule has 0 spiro atoms. The number of para-hydroxylation sites is 1. The van der Waals surface area contributed by atoms with Crippen molar-refractivity contribution in [1.29, 1.82) is 0 Å². The first kappa shape index (κ1) is 21.5. The minimum atomic E-state index is -0.0269. The van der Waals surface area contributed by atoms with Crippen molar-refractivity contribution >= 4 is 22.5 Å². The van der Waals surface area contributed by atoms with Crippen LogP contribution in [0.5, 0.6) is 11.5 Å². The maximum absolute atomic E-state index is 12.8. The fraction of sp³-hybridized carbons (Fsp3) is 0.222. The van der Waals surface area contributed by atoms with Gasteiger partial charge in [0.2, 0.25) is 5.91 Å². The zero-order valence-electron chi connectivity index (χ0n) is 18.9. The molecule has 3 aromatic carbocycles. The van der Waals surface area contributed by atoms with Crippen LogP contribution in [0.4, 0.5) is 5.69 Å².